The molecule has 1 N–H and O–H groups in total. The van der Waals surface area contributed by atoms with Crippen LogP contribution in [0.5, 0.6) is 5.75 Å². The fourth-order valence-electron chi connectivity index (χ4n) is 3.11. The number of rotatable bonds is 6. The molecule has 0 spiro atoms. The minimum Gasteiger partial charge on any atom is -0.480 e. The third-order valence-corrected chi connectivity index (χ3v) is 3.92. The average molecular weight is 319 g/mol. The first-order chi connectivity index (χ1) is 10.4. The van der Waals surface area contributed by atoms with Gasteiger partial charge in [0.2, 0.25) is 0 Å². The SMILES string of the molecule is CC[C@H](Oc1cccc(C)c1C)C(=O)NC(C)(C)CC(C)(C)C. The van der Waals surface area contributed by atoms with Gasteiger partial charge >= 0.3 is 0 Å². The fraction of sp³-hybridized carbons (Fsp3) is 0.650. The summed E-state index contributed by atoms with van der Waals surface area (Å²) >= 11 is 0. The first-order valence-corrected chi connectivity index (χ1v) is 8.50. The van der Waals surface area contributed by atoms with E-state index in [2.05, 4.69) is 52.9 Å². The van der Waals surface area contributed by atoms with Gasteiger partial charge in [0.25, 0.3) is 5.91 Å². The summed E-state index contributed by atoms with van der Waals surface area (Å²) < 4.78 is 6.00. The topological polar surface area (TPSA) is 38.3 Å². The quantitative estimate of drug-likeness (QED) is 0.818. The zero-order valence-electron chi connectivity index (χ0n) is 16.0. The molecule has 130 valence electrons. The molecule has 1 rings (SSSR count). The Labute approximate surface area is 141 Å². The van der Waals surface area contributed by atoms with Crippen LogP contribution >= 0.6 is 0 Å². The third-order valence-electron chi connectivity index (χ3n) is 3.92. The first kappa shape index (κ1) is 19.5. The second-order valence-electron chi connectivity index (χ2n) is 8.32. The van der Waals surface area contributed by atoms with Gasteiger partial charge in [-0.2, -0.15) is 0 Å². The van der Waals surface area contributed by atoms with Gasteiger partial charge in [-0.15, -0.1) is 0 Å². The second kappa shape index (κ2) is 7.37. The van der Waals surface area contributed by atoms with E-state index in [-0.39, 0.29) is 16.9 Å². The molecule has 0 aromatic heterocycles. The molecule has 0 unspecified atom stereocenters. The van der Waals surface area contributed by atoms with Crippen LogP contribution in [-0.4, -0.2) is 17.6 Å². The Hall–Kier alpha value is -1.51. The highest BCUT2D eigenvalue weighted by Crippen LogP contribution is 2.27. The lowest BCUT2D eigenvalue weighted by molar-refractivity contribution is -0.130. The van der Waals surface area contributed by atoms with Crippen molar-refractivity contribution in [3.05, 3.63) is 29.3 Å². The molecule has 0 aliphatic heterocycles. The van der Waals surface area contributed by atoms with Gasteiger partial charge in [-0.25, -0.2) is 0 Å². The molecule has 0 aliphatic carbocycles. The number of benzene rings is 1. The van der Waals surface area contributed by atoms with Crippen LogP contribution in [-0.2, 0) is 4.79 Å². The van der Waals surface area contributed by atoms with Crippen LogP contribution in [0.1, 0.15) is 65.5 Å². The molecule has 1 amide bonds. The van der Waals surface area contributed by atoms with Gasteiger partial charge in [-0.1, -0.05) is 39.8 Å². The highest BCUT2D eigenvalue weighted by Gasteiger charge is 2.30. The highest BCUT2D eigenvalue weighted by atomic mass is 16.5. The summed E-state index contributed by atoms with van der Waals surface area (Å²) in [5.74, 6) is 0.753. The first-order valence-electron chi connectivity index (χ1n) is 8.50. The summed E-state index contributed by atoms with van der Waals surface area (Å²) in [6.45, 7) is 16.8. The number of nitrogens with one attached hydrogen (secondary N) is 1. The number of hydrogen-bond acceptors (Lipinski definition) is 2. The van der Waals surface area contributed by atoms with Crippen LogP contribution in [0.25, 0.3) is 0 Å². The lowest BCUT2D eigenvalue weighted by atomic mass is 9.81. The lowest BCUT2D eigenvalue weighted by Gasteiger charge is -2.34. The summed E-state index contributed by atoms with van der Waals surface area (Å²) in [4.78, 5) is 12.6. The van der Waals surface area contributed by atoms with E-state index in [1.807, 2.05) is 26.0 Å². The van der Waals surface area contributed by atoms with E-state index in [9.17, 15) is 4.79 Å². The van der Waals surface area contributed by atoms with E-state index < -0.39 is 6.10 Å². The molecule has 0 bridgehead atoms. The molecule has 0 heterocycles. The second-order valence-corrected chi connectivity index (χ2v) is 8.32. The Kier molecular flexibility index (Phi) is 6.26. The zero-order chi connectivity index (χ0) is 17.8. The molecule has 0 saturated carbocycles. The molecule has 0 aliphatic rings. The van der Waals surface area contributed by atoms with Gasteiger partial charge in [-0.3, -0.25) is 4.79 Å². The van der Waals surface area contributed by atoms with Crippen LogP contribution in [0.4, 0.5) is 0 Å². The highest BCUT2D eigenvalue weighted by molar-refractivity contribution is 5.81. The number of aryl methyl sites for hydroxylation is 1. The smallest absolute Gasteiger partial charge is 0.261 e. The van der Waals surface area contributed by atoms with Crippen molar-refractivity contribution in [1.29, 1.82) is 0 Å². The fourth-order valence-corrected chi connectivity index (χ4v) is 3.11. The van der Waals surface area contributed by atoms with E-state index in [4.69, 9.17) is 4.74 Å². The van der Waals surface area contributed by atoms with Crippen LogP contribution in [0.3, 0.4) is 0 Å². The Balaban J connectivity index is 2.81. The van der Waals surface area contributed by atoms with Crippen molar-refractivity contribution in [1.82, 2.24) is 5.32 Å². The third kappa shape index (κ3) is 6.25. The van der Waals surface area contributed by atoms with E-state index in [0.717, 1.165) is 17.7 Å². The van der Waals surface area contributed by atoms with Gasteiger partial charge in [0.1, 0.15) is 5.75 Å². The normalized spacial score (nSPS) is 13.6. The lowest BCUT2D eigenvalue weighted by Crippen LogP contribution is -2.50. The summed E-state index contributed by atoms with van der Waals surface area (Å²) in [7, 11) is 0. The summed E-state index contributed by atoms with van der Waals surface area (Å²) in [6.07, 6.45) is 1.09. The molecule has 3 nitrogen and oxygen atoms in total. The molecular formula is C20H33NO2. The molecule has 0 fully saturated rings. The number of amides is 1. The van der Waals surface area contributed by atoms with Gasteiger partial charge in [0.15, 0.2) is 6.10 Å². The maximum absolute atomic E-state index is 12.6. The largest absolute Gasteiger partial charge is 0.480 e. The summed E-state index contributed by atoms with van der Waals surface area (Å²) in [5.41, 5.74) is 2.17. The maximum atomic E-state index is 12.6. The van der Waals surface area contributed by atoms with Crippen LogP contribution in [0, 0.1) is 19.3 Å². The average Bonchev–Trinajstić information content (AvgIpc) is 2.36. The van der Waals surface area contributed by atoms with E-state index in [1.165, 1.54) is 5.56 Å². The van der Waals surface area contributed by atoms with Crippen molar-refractivity contribution in [2.24, 2.45) is 5.41 Å². The number of carbonyl (C=O) groups excluding carboxylic acids is 1. The van der Waals surface area contributed by atoms with Crippen molar-refractivity contribution < 1.29 is 9.53 Å². The molecule has 1 atom stereocenters. The van der Waals surface area contributed by atoms with Gasteiger partial charge < -0.3 is 10.1 Å². The molecule has 1 aromatic rings. The van der Waals surface area contributed by atoms with Crippen LogP contribution in [0.15, 0.2) is 18.2 Å². The predicted molar refractivity (Wildman–Crippen MR) is 96.9 cm³/mol. The molecule has 0 radical (unpaired) electrons. The Morgan fingerprint density at radius 3 is 2.30 bits per heavy atom. The van der Waals surface area contributed by atoms with Gasteiger partial charge in [0.05, 0.1) is 0 Å². The molecule has 3 heteroatoms. The minimum atomic E-state index is -0.463. The molecular weight excluding hydrogens is 286 g/mol. The van der Waals surface area contributed by atoms with Crippen LogP contribution in [0.2, 0.25) is 0 Å². The van der Waals surface area contributed by atoms with E-state index in [1.54, 1.807) is 0 Å². The number of ether oxygens (including phenoxy) is 1. The molecule has 0 saturated heterocycles. The summed E-state index contributed by atoms with van der Waals surface area (Å²) in [6, 6.07) is 5.94. The van der Waals surface area contributed by atoms with Crippen molar-refractivity contribution >= 4 is 5.91 Å². The van der Waals surface area contributed by atoms with E-state index >= 15 is 0 Å². The van der Waals surface area contributed by atoms with Crippen molar-refractivity contribution in [3.8, 4) is 5.75 Å². The van der Waals surface area contributed by atoms with Crippen LogP contribution < -0.4 is 10.1 Å². The number of carbonyl (C=O) groups is 1. The van der Waals surface area contributed by atoms with Crippen molar-refractivity contribution in [2.45, 2.75) is 79.9 Å². The zero-order valence-corrected chi connectivity index (χ0v) is 16.0. The maximum Gasteiger partial charge on any atom is 0.261 e. The molecule has 23 heavy (non-hydrogen) atoms. The standard InChI is InChI=1S/C20H33NO2/c1-9-16(23-17-12-10-11-14(2)15(17)3)18(22)21-20(7,8)13-19(4,5)6/h10-12,16H,9,13H2,1-8H3,(H,21,22)/t16-/m0/s1. The van der Waals surface area contributed by atoms with E-state index in [0.29, 0.717) is 6.42 Å². The summed E-state index contributed by atoms with van der Waals surface area (Å²) in [5, 5.41) is 3.15. The molecule has 1 aromatic carbocycles. The minimum absolute atomic E-state index is 0.0392. The van der Waals surface area contributed by atoms with Crippen molar-refractivity contribution in [2.75, 3.05) is 0 Å². The Morgan fingerprint density at radius 1 is 1.17 bits per heavy atom. The Morgan fingerprint density at radius 2 is 1.78 bits per heavy atom. The van der Waals surface area contributed by atoms with Gasteiger partial charge in [-0.05, 0) is 63.1 Å². The predicted octanol–water partition coefficient (Wildman–Crippen LogP) is 4.79. The van der Waals surface area contributed by atoms with Crippen molar-refractivity contribution in [3.63, 3.8) is 0 Å². The van der Waals surface area contributed by atoms with Gasteiger partial charge in [0, 0.05) is 5.54 Å². The monoisotopic (exact) mass is 319 g/mol. The number of hydrogen-bond donors (Lipinski definition) is 1. The Bertz CT molecular complexity index is 541.